The molecular weight excluding hydrogens is 349 g/mol. The maximum atomic E-state index is 14.3. The monoisotopic (exact) mass is 373 g/mol. The standard InChI is InChI=1S/C25H24FNO/c1-3-8-18(26)15-27-16-23(21-11-6-7-12-24(21)27)25(28)22-14-13-17(2)19-9-4-5-10-20(19)22/h4-7,9-14,16,18H,3,8,15H2,1-2H3/t18-/m0/s1. The van der Waals surface area contributed by atoms with E-state index in [0.717, 1.165) is 33.7 Å². The number of aromatic nitrogens is 1. The number of hydrogen-bond donors (Lipinski definition) is 0. The van der Waals surface area contributed by atoms with Crippen molar-refractivity contribution in [2.75, 3.05) is 0 Å². The number of hydrogen-bond acceptors (Lipinski definition) is 1. The summed E-state index contributed by atoms with van der Waals surface area (Å²) in [6, 6.07) is 19.6. The zero-order chi connectivity index (χ0) is 19.7. The average Bonchev–Trinajstić information content (AvgIpc) is 3.07. The van der Waals surface area contributed by atoms with Crippen molar-refractivity contribution in [3.63, 3.8) is 0 Å². The van der Waals surface area contributed by atoms with Crippen LogP contribution in [0.1, 0.15) is 41.3 Å². The summed E-state index contributed by atoms with van der Waals surface area (Å²) in [5, 5.41) is 2.92. The number of para-hydroxylation sites is 1. The van der Waals surface area contributed by atoms with Gasteiger partial charge in [-0.3, -0.25) is 4.79 Å². The Labute approximate surface area is 164 Å². The number of rotatable bonds is 6. The van der Waals surface area contributed by atoms with E-state index in [-0.39, 0.29) is 12.3 Å². The molecule has 0 aliphatic rings. The van der Waals surface area contributed by atoms with Crippen molar-refractivity contribution < 1.29 is 9.18 Å². The van der Waals surface area contributed by atoms with Gasteiger partial charge in [0, 0.05) is 28.2 Å². The topological polar surface area (TPSA) is 22.0 Å². The lowest BCUT2D eigenvalue weighted by Gasteiger charge is -2.09. The molecular formula is C25H24FNO. The third-order valence-corrected chi connectivity index (χ3v) is 5.42. The summed E-state index contributed by atoms with van der Waals surface area (Å²) in [6.45, 7) is 4.31. The Bertz CT molecular complexity index is 1160. The van der Waals surface area contributed by atoms with Crippen LogP contribution in [-0.2, 0) is 6.54 Å². The zero-order valence-electron chi connectivity index (χ0n) is 16.3. The van der Waals surface area contributed by atoms with E-state index in [1.54, 1.807) is 0 Å². The SMILES string of the molecule is CCC[C@H](F)Cn1cc(C(=O)c2ccc(C)c3ccccc23)c2ccccc21. The first-order valence-corrected chi connectivity index (χ1v) is 9.85. The Morgan fingerprint density at radius 2 is 1.61 bits per heavy atom. The molecule has 4 rings (SSSR count). The molecule has 0 aliphatic carbocycles. The van der Waals surface area contributed by atoms with Crippen LogP contribution in [0.5, 0.6) is 0 Å². The molecule has 0 spiro atoms. The Balaban J connectivity index is 1.84. The average molecular weight is 373 g/mol. The molecule has 2 nitrogen and oxygen atoms in total. The Morgan fingerprint density at radius 1 is 0.929 bits per heavy atom. The largest absolute Gasteiger partial charge is 0.344 e. The van der Waals surface area contributed by atoms with Gasteiger partial charge in [-0.05, 0) is 35.7 Å². The molecule has 0 unspecified atom stereocenters. The van der Waals surface area contributed by atoms with Crippen LogP contribution < -0.4 is 0 Å². The molecule has 0 saturated carbocycles. The second kappa shape index (κ2) is 7.59. The van der Waals surface area contributed by atoms with Crippen LogP contribution in [-0.4, -0.2) is 16.5 Å². The maximum Gasteiger partial charge on any atom is 0.195 e. The van der Waals surface area contributed by atoms with Crippen molar-refractivity contribution in [3.8, 4) is 0 Å². The van der Waals surface area contributed by atoms with Gasteiger partial charge in [0.1, 0.15) is 6.17 Å². The molecule has 0 bridgehead atoms. The molecule has 1 aromatic heterocycles. The number of nitrogens with zero attached hydrogens (tertiary/aromatic N) is 1. The van der Waals surface area contributed by atoms with Crippen molar-refractivity contribution in [1.29, 1.82) is 0 Å². The molecule has 0 aliphatic heterocycles. The van der Waals surface area contributed by atoms with Gasteiger partial charge in [0.15, 0.2) is 5.78 Å². The van der Waals surface area contributed by atoms with Gasteiger partial charge >= 0.3 is 0 Å². The van der Waals surface area contributed by atoms with Gasteiger partial charge in [-0.2, -0.15) is 0 Å². The highest BCUT2D eigenvalue weighted by molar-refractivity contribution is 6.21. The van der Waals surface area contributed by atoms with Gasteiger partial charge < -0.3 is 4.57 Å². The number of alkyl halides is 1. The first-order valence-electron chi connectivity index (χ1n) is 9.85. The smallest absolute Gasteiger partial charge is 0.195 e. The Hall–Kier alpha value is -2.94. The zero-order valence-corrected chi connectivity index (χ0v) is 16.3. The van der Waals surface area contributed by atoms with Crippen LogP contribution >= 0.6 is 0 Å². The molecule has 0 radical (unpaired) electrons. The molecule has 4 aromatic rings. The molecule has 3 aromatic carbocycles. The Kier molecular flexibility index (Phi) is 4.99. The highest BCUT2D eigenvalue weighted by Gasteiger charge is 2.20. The first-order chi connectivity index (χ1) is 13.6. The van der Waals surface area contributed by atoms with Gasteiger partial charge in [-0.15, -0.1) is 0 Å². The minimum absolute atomic E-state index is 0.0166. The number of fused-ring (bicyclic) bond motifs is 2. The predicted octanol–water partition coefficient (Wildman–Crippen LogP) is 6.47. The minimum Gasteiger partial charge on any atom is -0.344 e. The molecule has 3 heteroatoms. The molecule has 0 N–H and O–H groups in total. The fourth-order valence-electron chi connectivity index (χ4n) is 3.99. The summed E-state index contributed by atoms with van der Waals surface area (Å²) in [6.07, 6.45) is 2.24. The van der Waals surface area contributed by atoms with Crippen LogP contribution in [0.3, 0.4) is 0 Å². The van der Waals surface area contributed by atoms with E-state index >= 15 is 0 Å². The second-order valence-corrected chi connectivity index (χ2v) is 7.40. The summed E-state index contributed by atoms with van der Waals surface area (Å²) < 4.78 is 16.2. The van der Waals surface area contributed by atoms with Crippen LogP contribution in [0, 0.1) is 6.92 Å². The molecule has 0 amide bonds. The highest BCUT2D eigenvalue weighted by Crippen LogP contribution is 2.29. The summed E-state index contributed by atoms with van der Waals surface area (Å²) in [7, 11) is 0. The summed E-state index contributed by atoms with van der Waals surface area (Å²) in [4.78, 5) is 13.5. The minimum atomic E-state index is -0.913. The van der Waals surface area contributed by atoms with Crippen LogP contribution in [0.2, 0.25) is 0 Å². The lowest BCUT2D eigenvalue weighted by Crippen LogP contribution is -2.10. The van der Waals surface area contributed by atoms with Crippen molar-refractivity contribution in [2.24, 2.45) is 0 Å². The first kappa shape index (κ1) is 18.4. The van der Waals surface area contributed by atoms with Crippen molar-refractivity contribution in [1.82, 2.24) is 4.57 Å². The summed E-state index contributed by atoms with van der Waals surface area (Å²) in [5.74, 6) is -0.0166. The number of benzene rings is 3. The van der Waals surface area contributed by atoms with E-state index in [2.05, 4.69) is 6.92 Å². The number of carbonyl (C=O) groups is 1. The van der Waals surface area contributed by atoms with Crippen LogP contribution in [0.15, 0.2) is 66.9 Å². The van der Waals surface area contributed by atoms with E-state index < -0.39 is 6.17 Å². The van der Waals surface area contributed by atoms with Crippen molar-refractivity contribution >= 4 is 27.5 Å². The molecule has 1 heterocycles. The molecule has 28 heavy (non-hydrogen) atoms. The van der Waals surface area contributed by atoms with E-state index in [9.17, 15) is 9.18 Å². The fraction of sp³-hybridized carbons (Fsp3) is 0.240. The van der Waals surface area contributed by atoms with Gasteiger partial charge in [-0.25, -0.2) is 4.39 Å². The van der Waals surface area contributed by atoms with Gasteiger partial charge in [0.05, 0.1) is 6.54 Å². The number of aryl methyl sites for hydroxylation is 1. The lowest BCUT2D eigenvalue weighted by atomic mass is 9.95. The van der Waals surface area contributed by atoms with E-state index in [0.29, 0.717) is 17.5 Å². The normalized spacial score (nSPS) is 12.5. The predicted molar refractivity (Wildman–Crippen MR) is 114 cm³/mol. The highest BCUT2D eigenvalue weighted by atomic mass is 19.1. The fourth-order valence-corrected chi connectivity index (χ4v) is 3.99. The van der Waals surface area contributed by atoms with Crippen molar-refractivity contribution in [3.05, 3.63) is 83.6 Å². The number of ketones is 1. The van der Waals surface area contributed by atoms with Gasteiger partial charge in [0.25, 0.3) is 0 Å². The lowest BCUT2D eigenvalue weighted by molar-refractivity contribution is 0.104. The molecule has 1 atom stereocenters. The summed E-state index contributed by atoms with van der Waals surface area (Å²) in [5.41, 5.74) is 3.37. The van der Waals surface area contributed by atoms with E-state index in [1.807, 2.05) is 78.4 Å². The molecule has 142 valence electrons. The van der Waals surface area contributed by atoms with Crippen LogP contribution in [0.25, 0.3) is 21.7 Å². The summed E-state index contributed by atoms with van der Waals surface area (Å²) >= 11 is 0. The third-order valence-electron chi connectivity index (χ3n) is 5.42. The second-order valence-electron chi connectivity index (χ2n) is 7.40. The molecule has 0 saturated heterocycles. The third kappa shape index (κ3) is 3.22. The maximum absolute atomic E-state index is 14.3. The number of halogens is 1. The van der Waals surface area contributed by atoms with E-state index in [4.69, 9.17) is 0 Å². The van der Waals surface area contributed by atoms with Crippen LogP contribution in [0.4, 0.5) is 4.39 Å². The van der Waals surface area contributed by atoms with Crippen molar-refractivity contribution in [2.45, 2.75) is 39.4 Å². The quantitative estimate of drug-likeness (QED) is 0.355. The number of carbonyl (C=O) groups excluding carboxylic acids is 1. The van der Waals surface area contributed by atoms with E-state index in [1.165, 1.54) is 0 Å². The Morgan fingerprint density at radius 3 is 2.36 bits per heavy atom. The van der Waals surface area contributed by atoms with Gasteiger partial charge in [-0.1, -0.05) is 67.9 Å². The molecule has 0 fully saturated rings. The van der Waals surface area contributed by atoms with Gasteiger partial charge in [0.2, 0.25) is 0 Å².